The monoisotopic (exact) mass is 569 g/mol. The molecular formula is C28H43NO11. The van der Waals surface area contributed by atoms with Crippen molar-refractivity contribution in [3.05, 3.63) is 23.8 Å². The van der Waals surface area contributed by atoms with E-state index >= 15 is 0 Å². The van der Waals surface area contributed by atoms with Crippen LogP contribution in [-0.4, -0.2) is 63.0 Å². The first-order valence-corrected chi connectivity index (χ1v) is 13.5. The van der Waals surface area contributed by atoms with E-state index in [2.05, 4.69) is 0 Å². The van der Waals surface area contributed by atoms with Gasteiger partial charge in [-0.1, -0.05) is 40.7 Å². The van der Waals surface area contributed by atoms with Gasteiger partial charge in [0.15, 0.2) is 11.5 Å². The summed E-state index contributed by atoms with van der Waals surface area (Å²) >= 11 is 0. The highest BCUT2D eigenvalue weighted by Gasteiger charge is 2.21. The number of benzene rings is 1. The van der Waals surface area contributed by atoms with Crippen LogP contribution in [0.2, 0.25) is 0 Å². The fourth-order valence-electron chi connectivity index (χ4n) is 2.90. The molecule has 0 unspecified atom stereocenters. The van der Waals surface area contributed by atoms with Crippen LogP contribution in [0.15, 0.2) is 18.2 Å². The highest BCUT2D eigenvalue weighted by molar-refractivity contribution is 5.76. The molecule has 0 saturated heterocycles. The third-order valence-corrected chi connectivity index (χ3v) is 5.17. The summed E-state index contributed by atoms with van der Waals surface area (Å²) in [6, 6.07) is 3.27. The molecule has 2 N–H and O–H groups in total. The van der Waals surface area contributed by atoms with E-state index in [1.165, 1.54) is 12.1 Å². The lowest BCUT2D eigenvalue weighted by Gasteiger charge is -2.16. The Morgan fingerprint density at radius 3 is 1.85 bits per heavy atom. The Labute approximate surface area is 235 Å². The highest BCUT2D eigenvalue weighted by atomic mass is 16.7. The topological polar surface area (TPSA) is 159 Å². The van der Waals surface area contributed by atoms with E-state index in [1.807, 2.05) is 34.6 Å². The Hall–Kier alpha value is -3.54. The van der Waals surface area contributed by atoms with E-state index < -0.39 is 36.6 Å². The number of carbonyl (C=O) groups is 4. The molecule has 0 heterocycles. The average molecular weight is 570 g/mol. The van der Waals surface area contributed by atoms with Crippen LogP contribution in [0.5, 0.6) is 11.5 Å². The average Bonchev–Trinajstić information content (AvgIpc) is 2.87. The third-order valence-electron chi connectivity index (χ3n) is 5.17. The van der Waals surface area contributed by atoms with Gasteiger partial charge in [-0.3, -0.25) is 4.79 Å². The Morgan fingerprint density at radius 2 is 1.30 bits per heavy atom. The molecule has 0 amide bonds. The van der Waals surface area contributed by atoms with E-state index in [9.17, 15) is 19.2 Å². The molecule has 0 fully saturated rings. The molecule has 12 nitrogen and oxygen atoms in total. The fraction of sp³-hybridized carbons (Fsp3) is 0.643. The van der Waals surface area contributed by atoms with E-state index in [-0.39, 0.29) is 44.3 Å². The van der Waals surface area contributed by atoms with Gasteiger partial charge in [-0.15, -0.1) is 0 Å². The van der Waals surface area contributed by atoms with E-state index in [1.54, 1.807) is 13.0 Å². The molecule has 0 aliphatic carbocycles. The molecular weight excluding hydrogens is 526 g/mol. The Morgan fingerprint density at radius 1 is 0.750 bits per heavy atom. The van der Waals surface area contributed by atoms with Gasteiger partial charge in [-0.2, -0.15) is 0 Å². The van der Waals surface area contributed by atoms with Gasteiger partial charge >= 0.3 is 24.4 Å². The van der Waals surface area contributed by atoms with Crippen molar-refractivity contribution in [2.45, 2.75) is 79.4 Å². The molecule has 226 valence electrons. The van der Waals surface area contributed by atoms with Crippen LogP contribution in [0.1, 0.15) is 66.4 Å². The van der Waals surface area contributed by atoms with Crippen molar-refractivity contribution >= 4 is 24.4 Å². The zero-order valence-electron chi connectivity index (χ0n) is 24.3. The van der Waals surface area contributed by atoms with Gasteiger partial charge in [0, 0.05) is 0 Å². The van der Waals surface area contributed by atoms with Gasteiger partial charge in [-0.05, 0) is 62.1 Å². The first kappa shape index (κ1) is 34.5. The van der Waals surface area contributed by atoms with Crippen LogP contribution >= 0.6 is 0 Å². The summed E-state index contributed by atoms with van der Waals surface area (Å²) in [4.78, 5) is 48.3. The number of nitrogens with two attached hydrogens (primary N) is 1. The third kappa shape index (κ3) is 15.2. The second-order valence-electron chi connectivity index (χ2n) is 10.0. The number of rotatable bonds is 16. The second-order valence-corrected chi connectivity index (χ2v) is 10.0. The van der Waals surface area contributed by atoms with Crippen molar-refractivity contribution in [1.29, 1.82) is 0 Å². The number of hydrogen-bond donors (Lipinski definition) is 1. The van der Waals surface area contributed by atoms with Crippen molar-refractivity contribution in [2.24, 2.45) is 17.6 Å². The van der Waals surface area contributed by atoms with Crippen LogP contribution in [0.4, 0.5) is 14.4 Å². The molecule has 40 heavy (non-hydrogen) atoms. The van der Waals surface area contributed by atoms with Crippen LogP contribution < -0.4 is 15.2 Å². The van der Waals surface area contributed by atoms with E-state index in [4.69, 9.17) is 38.9 Å². The van der Waals surface area contributed by atoms with Crippen LogP contribution in [0.3, 0.4) is 0 Å². The maximum absolute atomic E-state index is 12.4. The second kappa shape index (κ2) is 18.7. The predicted octanol–water partition coefficient (Wildman–Crippen LogP) is 5.17. The van der Waals surface area contributed by atoms with E-state index in [0.29, 0.717) is 36.7 Å². The molecule has 0 aromatic heterocycles. The van der Waals surface area contributed by atoms with Crippen molar-refractivity contribution in [1.82, 2.24) is 0 Å². The van der Waals surface area contributed by atoms with Crippen molar-refractivity contribution < 1.29 is 52.3 Å². The van der Waals surface area contributed by atoms with Crippen molar-refractivity contribution in [3.63, 3.8) is 0 Å². The Kier molecular flexibility index (Phi) is 16.1. The summed E-state index contributed by atoms with van der Waals surface area (Å²) in [5.41, 5.74) is 6.49. The SMILES string of the molecule is CCCOC(=O)O[C@@H](C)COC(=O)[C@@H](N)Cc1ccc(OC(=O)OCCC(C)C)c(OC(=O)OCCC(C)C)c1. The standard InChI is InChI=1S/C28H43NO11/c1-7-12-34-26(31)38-20(6)17-37-25(30)22(29)15-21-8-9-23(39-27(32)35-13-10-18(2)3)24(16-21)40-28(33)36-14-11-19(4)5/h8-9,16,18-20,22H,7,10-15,17,29H2,1-6H3/t20-,22-/m0/s1. The number of carbonyl (C=O) groups excluding carboxylic acids is 4. The Balaban J connectivity index is 2.83. The minimum atomic E-state index is -1.09. The smallest absolute Gasteiger partial charge is 0.461 e. The van der Waals surface area contributed by atoms with Gasteiger partial charge in [0.25, 0.3) is 0 Å². The molecule has 1 aromatic rings. The zero-order valence-corrected chi connectivity index (χ0v) is 24.3. The van der Waals surface area contributed by atoms with Gasteiger partial charge in [-0.25, -0.2) is 14.4 Å². The van der Waals surface area contributed by atoms with Crippen molar-refractivity contribution in [2.75, 3.05) is 26.4 Å². The fourth-order valence-corrected chi connectivity index (χ4v) is 2.90. The summed E-state index contributed by atoms with van der Waals surface area (Å²) in [5.74, 6) is -0.263. The lowest BCUT2D eigenvalue weighted by molar-refractivity contribution is -0.148. The molecule has 0 saturated carbocycles. The van der Waals surface area contributed by atoms with Gasteiger partial charge in [0.05, 0.1) is 19.8 Å². The molecule has 1 aromatic carbocycles. The Bertz CT molecular complexity index is 948. The maximum atomic E-state index is 12.4. The lowest BCUT2D eigenvalue weighted by Crippen LogP contribution is -2.36. The maximum Gasteiger partial charge on any atom is 0.513 e. The van der Waals surface area contributed by atoms with E-state index in [0.717, 1.165) is 0 Å². The highest BCUT2D eigenvalue weighted by Crippen LogP contribution is 2.30. The molecule has 2 atom stereocenters. The lowest BCUT2D eigenvalue weighted by atomic mass is 10.1. The minimum Gasteiger partial charge on any atom is -0.461 e. The summed E-state index contributed by atoms with van der Waals surface area (Å²) in [5, 5.41) is 0. The summed E-state index contributed by atoms with van der Waals surface area (Å²) in [6.07, 6.45) is -1.58. The van der Waals surface area contributed by atoms with Crippen LogP contribution in [-0.2, 0) is 34.9 Å². The van der Waals surface area contributed by atoms with Gasteiger partial charge in [0.1, 0.15) is 18.8 Å². The molecule has 0 spiro atoms. The largest absolute Gasteiger partial charge is 0.513 e. The van der Waals surface area contributed by atoms with Crippen LogP contribution in [0, 0.1) is 11.8 Å². The molecule has 0 bridgehead atoms. The first-order chi connectivity index (χ1) is 18.9. The molecule has 0 aliphatic heterocycles. The van der Waals surface area contributed by atoms with Gasteiger partial charge in [0.2, 0.25) is 0 Å². The number of esters is 1. The zero-order chi connectivity index (χ0) is 30.1. The first-order valence-electron chi connectivity index (χ1n) is 13.5. The predicted molar refractivity (Wildman–Crippen MR) is 144 cm³/mol. The summed E-state index contributed by atoms with van der Waals surface area (Å²) < 4.78 is 35.6. The number of hydrogen-bond acceptors (Lipinski definition) is 12. The summed E-state index contributed by atoms with van der Waals surface area (Å²) in [7, 11) is 0. The molecule has 1 rings (SSSR count). The number of ether oxygens (including phenoxy) is 7. The normalized spacial score (nSPS) is 12.3. The quantitative estimate of drug-likeness (QED) is 0.158. The van der Waals surface area contributed by atoms with Crippen LogP contribution in [0.25, 0.3) is 0 Å². The molecule has 12 heteroatoms. The van der Waals surface area contributed by atoms with Gasteiger partial charge < -0.3 is 38.9 Å². The summed E-state index contributed by atoms with van der Waals surface area (Å²) in [6.45, 7) is 11.7. The van der Waals surface area contributed by atoms with Crippen molar-refractivity contribution in [3.8, 4) is 11.5 Å². The minimum absolute atomic E-state index is 0.00445. The molecule has 0 radical (unpaired) electrons. The molecule has 0 aliphatic rings.